The molecule has 9 nitrogen and oxygen atoms in total. The highest BCUT2D eigenvalue weighted by Crippen LogP contribution is 2.30. The first-order valence-corrected chi connectivity index (χ1v) is 13.8. The number of halogens is 1. The molecule has 4 rings (SSSR count). The summed E-state index contributed by atoms with van der Waals surface area (Å²) in [7, 11) is -4.06. The Hall–Kier alpha value is -2.57. The Morgan fingerprint density at radius 3 is 2.44 bits per heavy atom. The maximum Gasteiger partial charge on any atom is 0.267 e. The van der Waals surface area contributed by atoms with Crippen molar-refractivity contribution in [2.45, 2.75) is 49.7 Å². The number of aromatic nitrogens is 1. The van der Waals surface area contributed by atoms with E-state index in [2.05, 4.69) is 33.0 Å². The fraction of sp³-hybridized carbons (Fsp3) is 0.333. The van der Waals surface area contributed by atoms with Crippen LogP contribution in [0.5, 0.6) is 0 Å². The number of nitrogens with zero attached hydrogens (tertiary/aromatic N) is 3. The van der Waals surface area contributed by atoms with Gasteiger partial charge in [-0.1, -0.05) is 16.8 Å². The van der Waals surface area contributed by atoms with Crippen LogP contribution in [0.1, 0.15) is 30.9 Å². The summed E-state index contributed by atoms with van der Waals surface area (Å²) in [5, 5.41) is 17.0. The van der Waals surface area contributed by atoms with Gasteiger partial charge in [0.2, 0.25) is 0 Å². The van der Waals surface area contributed by atoms with Gasteiger partial charge in [0.05, 0.1) is 23.6 Å². The highest BCUT2D eigenvalue weighted by atomic mass is 35.5. The molecule has 0 spiro atoms. The van der Waals surface area contributed by atoms with E-state index < -0.39 is 15.9 Å². The molecule has 1 fully saturated rings. The van der Waals surface area contributed by atoms with E-state index in [1.165, 1.54) is 32.0 Å². The van der Waals surface area contributed by atoms with Crippen molar-refractivity contribution in [3.63, 3.8) is 0 Å². The van der Waals surface area contributed by atoms with Crippen molar-refractivity contribution >= 4 is 50.8 Å². The second-order valence-electron chi connectivity index (χ2n) is 8.56. The van der Waals surface area contributed by atoms with Crippen molar-refractivity contribution in [1.29, 1.82) is 0 Å². The average Bonchev–Trinajstić information content (AvgIpc) is 3.14. The van der Waals surface area contributed by atoms with Crippen LogP contribution >= 0.6 is 23.5 Å². The van der Waals surface area contributed by atoms with Crippen molar-refractivity contribution in [1.82, 2.24) is 9.46 Å². The van der Waals surface area contributed by atoms with E-state index in [9.17, 15) is 13.5 Å². The predicted molar refractivity (Wildman–Crippen MR) is 138 cm³/mol. The van der Waals surface area contributed by atoms with Gasteiger partial charge in [-0.15, -0.1) is 0 Å². The number of aliphatic imine (C=N–C) groups is 1. The van der Waals surface area contributed by atoms with E-state index in [1.807, 2.05) is 12.1 Å². The third kappa shape index (κ3) is 6.22. The smallest absolute Gasteiger partial charge is 0.267 e. The lowest BCUT2D eigenvalue weighted by Gasteiger charge is -2.34. The van der Waals surface area contributed by atoms with Gasteiger partial charge in [-0.2, -0.15) is 0 Å². The Kier molecular flexibility index (Phi) is 7.96. The number of aryl methyl sites for hydroxylation is 2. The summed E-state index contributed by atoms with van der Waals surface area (Å²) in [6.07, 6.45) is 0.324. The Labute approximate surface area is 219 Å². The number of hydrogen-bond acceptors (Lipinski definition) is 9. The van der Waals surface area contributed by atoms with Crippen LogP contribution in [0.3, 0.4) is 0 Å². The monoisotopic (exact) mass is 549 g/mol. The molecule has 0 saturated carbocycles. The molecule has 1 saturated heterocycles. The molecule has 1 aliphatic rings. The number of benzene rings is 2. The molecule has 12 heteroatoms. The number of ether oxygens (including phenoxy) is 1. The van der Waals surface area contributed by atoms with Crippen LogP contribution in [0.4, 0.5) is 11.4 Å². The summed E-state index contributed by atoms with van der Waals surface area (Å²) < 4.78 is 41.4. The Bertz CT molecular complexity index is 1350. The van der Waals surface area contributed by atoms with Gasteiger partial charge in [-0.3, -0.25) is 9.71 Å². The van der Waals surface area contributed by atoms with Gasteiger partial charge in [0.25, 0.3) is 10.0 Å². The van der Waals surface area contributed by atoms with Crippen LogP contribution < -0.4 is 9.83 Å². The molecule has 0 aliphatic carbocycles. The summed E-state index contributed by atoms with van der Waals surface area (Å²) in [6, 6.07) is 11.6. The molecule has 2 atom stereocenters. The van der Waals surface area contributed by atoms with E-state index in [0.717, 1.165) is 18.0 Å². The van der Waals surface area contributed by atoms with Gasteiger partial charge in [0, 0.05) is 28.6 Å². The lowest BCUT2D eigenvalue weighted by Crippen LogP contribution is -2.41. The first-order chi connectivity index (χ1) is 17.0. The highest BCUT2D eigenvalue weighted by molar-refractivity contribution is 7.97. The second-order valence-corrected chi connectivity index (χ2v) is 11.8. The lowest BCUT2D eigenvalue weighted by atomic mass is 10.2. The molecule has 2 aromatic carbocycles. The fourth-order valence-electron chi connectivity index (χ4n) is 3.95. The van der Waals surface area contributed by atoms with Crippen molar-refractivity contribution < 1.29 is 22.8 Å². The number of nitrogens with one attached hydrogen (secondary N) is 1. The predicted octanol–water partition coefficient (Wildman–Crippen LogP) is 4.30. The minimum atomic E-state index is -4.06. The zero-order valence-corrected chi connectivity index (χ0v) is 22.6. The van der Waals surface area contributed by atoms with Crippen LogP contribution in [0.15, 0.2) is 61.8 Å². The van der Waals surface area contributed by atoms with E-state index in [-0.39, 0.29) is 44.8 Å². The molecule has 2 unspecified atom stereocenters. The van der Waals surface area contributed by atoms with Gasteiger partial charge in [0.15, 0.2) is 10.7 Å². The average molecular weight is 550 g/mol. The topological polar surface area (TPSA) is 120 Å². The molecule has 1 N–H and O–H groups in total. The van der Waals surface area contributed by atoms with Gasteiger partial charge in [-0.05, 0) is 88.0 Å². The molecule has 0 amide bonds. The van der Waals surface area contributed by atoms with Crippen molar-refractivity contribution in [2.24, 2.45) is 4.99 Å². The number of sulfonamides is 1. The first kappa shape index (κ1) is 26.5. The van der Waals surface area contributed by atoms with Crippen LogP contribution in [-0.4, -0.2) is 49.1 Å². The van der Waals surface area contributed by atoms with Crippen LogP contribution in [0.25, 0.3) is 0 Å². The molecule has 3 aromatic rings. The van der Waals surface area contributed by atoms with Gasteiger partial charge < -0.3 is 14.4 Å². The number of hydrogen-bond donors (Lipinski definition) is 1. The van der Waals surface area contributed by atoms with Crippen LogP contribution in [-0.2, 0) is 14.8 Å². The van der Waals surface area contributed by atoms with E-state index in [1.54, 1.807) is 24.1 Å². The highest BCUT2D eigenvalue weighted by Gasteiger charge is 2.25. The summed E-state index contributed by atoms with van der Waals surface area (Å²) in [6.45, 7) is 8.77. The van der Waals surface area contributed by atoms with Crippen molar-refractivity contribution in [3.05, 3.63) is 64.5 Å². The lowest BCUT2D eigenvalue weighted by molar-refractivity contribution is -0.212. The maximum atomic E-state index is 13.0. The number of anilines is 1. The Morgan fingerprint density at radius 1 is 1.17 bits per heavy atom. The zero-order valence-electron chi connectivity index (χ0n) is 20.2. The fourth-order valence-corrected chi connectivity index (χ4v) is 6.66. The zero-order chi connectivity index (χ0) is 26.0. The molecular formula is C24H26ClN4O5S2-. The van der Waals surface area contributed by atoms with Crippen LogP contribution in [0.2, 0.25) is 5.02 Å². The Morgan fingerprint density at radius 2 is 1.83 bits per heavy atom. The van der Waals surface area contributed by atoms with Gasteiger partial charge >= 0.3 is 0 Å². The molecule has 192 valence electrons. The third-order valence-electron chi connectivity index (χ3n) is 5.38. The molecule has 1 aliphatic heterocycles. The summed E-state index contributed by atoms with van der Waals surface area (Å²) in [5.41, 5.74) is 0.724. The van der Waals surface area contributed by atoms with Crippen molar-refractivity contribution in [3.8, 4) is 0 Å². The molecule has 0 radical (unpaired) electrons. The third-order valence-corrected chi connectivity index (χ3v) is 8.26. The number of rotatable bonds is 7. The summed E-state index contributed by atoms with van der Waals surface area (Å²) >= 11 is 7.73. The summed E-state index contributed by atoms with van der Waals surface area (Å²) in [5.74, 6) is -0.490. The SMILES string of the molecule is Cc1noc(C)c1S(=O)(=O)Nc1ccc(Cl)cc1C([O-])=Nc1ccc(SN2CC(C)OC(C)C2)cc1. The van der Waals surface area contributed by atoms with Crippen LogP contribution in [0, 0.1) is 13.8 Å². The molecule has 36 heavy (non-hydrogen) atoms. The number of morpholine rings is 1. The van der Waals surface area contributed by atoms with Crippen molar-refractivity contribution in [2.75, 3.05) is 17.8 Å². The first-order valence-electron chi connectivity index (χ1n) is 11.2. The van der Waals surface area contributed by atoms with E-state index >= 15 is 0 Å². The molecular weight excluding hydrogens is 524 g/mol. The van der Waals surface area contributed by atoms with E-state index in [0.29, 0.717) is 5.69 Å². The standard InChI is InChI=1S/C24H27ClN4O5S2/c1-14-12-29(13-15(2)33-14)35-20-8-6-19(7-9-20)26-24(30)21-11-18(25)5-10-22(21)28-36(31,32)23-16(3)27-34-17(23)4/h5-11,14-15,28H,12-13H2,1-4H3,(H,26,30)/p-1. The normalized spacial score (nSPS) is 19.4. The minimum absolute atomic E-state index is 0.0209. The molecule has 0 bridgehead atoms. The maximum absolute atomic E-state index is 13.0. The molecule has 1 aromatic heterocycles. The van der Waals surface area contributed by atoms with Gasteiger partial charge in [0.1, 0.15) is 5.69 Å². The van der Waals surface area contributed by atoms with E-state index in [4.69, 9.17) is 20.9 Å². The Balaban J connectivity index is 1.55. The largest absolute Gasteiger partial charge is 0.858 e. The summed E-state index contributed by atoms with van der Waals surface area (Å²) in [4.78, 5) is 5.10. The minimum Gasteiger partial charge on any atom is -0.858 e. The second kappa shape index (κ2) is 10.8. The molecule has 2 heterocycles. The quantitative estimate of drug-likeness (QED) is 0.263. The van der Waals surface area contributed by atoms with Gasteiger partial charge in [-0.25, -0.2) is 12.7 Å².